The molecule has 1 rings (SSSR count). The summed E-state index contributed by atoms with van der Waals surface area (Å²) in [5.41, 5.74) is 0.696. The molecule has 0 aliphatic carbocycles. The summed E-state index contributed by atoms with van der Waals surface area (Å²) in [6.45, 7) is 2.55. The van der Waals surface area contributed by atoms with Crippen molar-refractivity contribution >= 4 is 46.4 Å². The molecule has 0 aromatic heterocycles. The predicted molar refractivity (Wildman–Crippen MR) is 68.6 cm³/mol. The van der Waals surface area contributed by atoms with Crippen LogP contribution >= 0.6 is 34.8 Å². The van der Waals surface area contributed by atoms with Crippen molar-refractivity contribution in [1.29, 1.82) is 0 Å². The van der Waals surface area contributed by atoms with Gasteiger partial charge in [0.25, 0.3) is 0 Å². The standard InChI is InChI=1S/C10H11Cl3N2O/c1-6(16)14-2-3-15-10-5-8(12)7(11)4-9(10)13/h4-5,15H,2-3H2,1H3,(H,14,16). The SMILES string of the molecule is CC(=O)NCCNc1cc(Cl)c(Cl)cc1Cl. The van der Waals surface area contributed by atoms with Crippen LogP contribution in [0.15, 0.2) is 12.1 Å². The second-order valence-corrected chi connectivity index (χ2v) is 4.38. The smallest absolute Gasteiger partial charge is 0.216 e. The summed E-state index contributed by atoms with van der Waals surface area (Å²) < 4.78 is 0. The first-order valence-electron chi connectivity index (χ1n) is 4.63. The van der Waals surface area contributed by atoms with Gasteiger partial charge >= 0.3 is 0 Å². The van der Waals surface area contributed by atoms with Gasteiger partial charge in [-0.2, -0.15) is 0 Å². The Labute approximate surface area is 109 Å². The van der Waals surface area contributed by atoms with Crippen molar-refractivity contribution in [2.24, 2.45) is 0 Å². The maximum Gasteiger partial charge on any atom is 0.216 e. The molecule has 0 saturated heterocycles. The first-order valence-corrected chi connectivity index (χ1v) is 5.77. The molecule has 3 nitrogen and oxygen atoms in total. The summed E-state index contributed by atoms with van der Waals surface area (Å²) in [6, 6.07) is 3.23. The van der Waals surface area contributed by atoms with Crippen LogP contribution in [0.2, 0.25) is 15.1 Å². The molecule has 0 atom stereocenters. The third kappa shape index (κ3) is 4.08. The summed E-state index contributed by atoms with van der Waals surface area (Å²) in [5.74, 6) is -0.0676. The van der Waals surface area contributed by atoms with Crippen molar-refractivity contribution in [3.63, 3.8) is 0 Å². The van der Waals surface area contributed by atoms with E-state index in [-0.39, 0.29) is 5.91 Å². The molecule has 0 fully saturated rings. The molecule has 0 aliphatic rings. The summed E-state index contributed by atoms with van der Waals surface area (Å²) >= 11 is 17.6. The van der Waals surface area contributed by atoms with Crippen LogP contribution in [0.5, 0.6) is 0 Å². The van der Waals surface area contributed by atoms with E-state index in [9.17, 15) is 4.79 Å². The Balaban J connectivity index is 2.54. The number of nitrogens with one attached hydrogen (secondary N) is 2. The number of carbonyl (C=O) groups is 1. The minimum Gasteiger partial charge on any atom is -0.382 e. The van der Waals surface area contributed by atoms with Crippen LogP contribution in [0.4, 0.5) is 5.69 Å². The summed E-state index contributed by atoms with van der Waals surface area (Å²) in [4.78, 5) is 10.6. The zero-order chi connectivity index (χ0) is 12.1. The average Bonchev–Trinajstić information content (AvgIpc) is 2.19. The fourth-order valence-electron chi connectivity index (χ4n) is 1.09. The fourth-order valence-corrected chi connectivity index (χ4v) is 1.71. The van der Waals surface area contributed by atoms with Crippen molar-refractivity contribution in [3.05, 3.63) is 27.2 Å². The number of hydrogen-bond acceptors (Lipinski definition) is 2. The highest BCUT2D eigenvalue weighted by molar-refractivity contribution is 6.44. The quantitative estimate of drug-likeness (QED) is 0.657. The molecule has 0 aliphatic heterocycles. The molecule has 0 radical (unpaired) electrons. The van der Waals surface area contributed by atoms with Crippen molar-refractivity contribution in [3.8, 4) is 0 Å². The lowest BCUT2D eigenvalue weighted by Gasteiger charge is -2.09. The van der Waals surface area contributed by atoms with Crippen molar-refractivity contribution in [1.82, 2.24) is 5.32 Å². The minimum atomic E-state index is -0.0676. The van der Waals surface area contributed by atoms with Gasteiger partial charge in [0.15, 0.2) is 0 Å². The van der Waals surface area contributed by atoms with Crippen LogP contribution in [0.25, 0.3) is 0 Å². The predicted octanol–water partition coefficient (Wildman–Crippen LogP) is 3.19. The first-order chi connectivity index (χ1) is 7.50. The van der Waals surface area contributed by atoms with Gasteiger partial charge in [-0.15, -0.1) is 0 Å². The highest BCUT2D eigenvalue weighted by Gasteiger charge is 2.05. The van der Waals surface area contributed by atoms with Gasteiger partial charge in [0.05, 0.1) is 20.8 Å². The van der Waals surface area contributed by atoms with Crippen LogP contribution in [-0.2, 0) is 4.79 Å². The maximum absolute atomic E-state index is 10.6. The van der Waals surface area contributed by atoms with Gasteiger partial charge in [0.1, 0.15) is 0 Å². The number of halogens is 3. The number of carbonyl (C=O) groups excluding carboxylic acids is 1. The van der Waals surface area contributed by atoms with Crippen LogP contribution in [0.1, 0.15) is 6.92 Å². The Bertz CT molecular complexity index is 396. The third-order valence-corrected chi connectivity index (χ3v) is 2.86. The molecule has 88 valence electrons. The van der Waals surface area contributed by atoms with E-state index in [1.807, 2.05) is 0 Å². The summed E-state index contributed by atoms with van der Waals surface area (Å²) in [7, 11) is 0. The second-order valence-electron chi connectivity index (χ2n) is 3.16. The Morgan fingerprint density at radius 1 is 1.12 bits per heavy atom. The fraction of sp³-hybridized carbons (Fsp3) is 0.300. The lowest BCUT2D eigenvalue weighted by Crippen LogP contribution is -2.26. The van der Waals surface area contributed by atoms with Crippen molar-refractivity contribution in [2.75, 3.05) is 18.4 Å². The van der Waals surface area contributed by atoms with Crippen molar-refractivity contribution in [2.45, 2.75) is 6.92 Å². The maximum atomic E-state index is 10.6. The molecular formula is C10H11Cl3N2O. The highest BCUT2D eigenvalue weighted by Crippen LogP contribution is 2.31. The van der Waals surface area contributed by atoms with E-state index in [1.165, 1.54) is 6.92 Å². The lowest BCUT2D eigenvalue weighted by atomic mass is 10.3. The Kier molecular flexibility index (Phi) is 5.19. The molecule has 1 aromatic carbocycles. The number of anilines is 1. The number of hydrogen-bond donors (Lipinski definition) is 2. The van der Waals surface area contributed by atoms with Crippen molar-refractivity contribution < 1.29 is 4.79 Å². The molecule has 0 heterocycles. The van der Waals surface area contributed by atoms with E-state index in [0.29, 0.717) is 33.8 Å². The van der Waals surface area contributed by atoms with E-state index in [1.54, 1.807) is 12.1 Å². The van der Waals surface area contributed by atoms with Crippen LogP contribution in [-0.4, -0.2) is 19.0 Å². The minimum absolute atomic E-state index is 0.0676. The molecule has 0 bridgehead atoms. The van der Waals surface area contributed by atoms with Crippen LogP contribution < -0.4 is 10.6 Å². The van der Waals surface area contributed by atoms with Crippen LogP contribution in [0.3, 0.4) is 0 Å². The van der Waals surface area contributed by atoms with Gasteiger partial charge in [-0.25, -0.2) is 0 Å². The molecule has 1 aromatic rings. The monoisotopic (exact) mass is 280 g/mol. The lowest BCUT2D eigenvalue weighted by molar-refractivity contribution is -0.118. The Hall–Kier alpha value is -0.640. The normalized spacial score (nSPS) is 10.0. The molecule has 1 amide bonds. The van der Waals surface area contributed by atoms with Gasteiger partial charge < -0.3 is 10.6 Å². The molecule has 6 heteroatoms. The zero-order valence-corrected chi connectivity index (χ0v) is 10.9. The Morgan fingerprint density at radius 3 is 2.38 bits per heavy atom. The molecule has 0 saturated carbocycles. The molecular weight excluding hydrogens is 270 g/mol. The zero-order valence-electron chi connectivity index (χ0n) is 8.61. The number of amides is 1. The molecule has 0 spiro atoms. The molecule has 16 heavy (non-hydrogen) atoms. The summed E-state index contributed by atoms with van der Waals surface area (Å²) in [5, 5.41) is 7.06. The van der Waals surface area contributed by atoms with E-state index in [4.69, 9.17) is 34.8 Å². The van der Waals surface area contributed by atoms with E-state index in [2.05, 4.69) is 10.6 Å². The van der Waals surface area contributed by atoms with E-state index >= 15 is 0 Å². The summed E-state index contributed by atoms with van der Waals surface area (Å²) in [6.07, 6.45) is 0. The molecule has 0 unspecified atom stereocenters. The van der Waals surface area contributed by atoms with Gasteiger partial charge in [-0.05, 0) is 12.1 Å². The number of rotatable bonds is 4. The first kappa shape index (κ1) is 13.4. The van der Waals surface area contributed by atoms with Gasteiger partial charge in [-0.3, -0.25) is 4.79 Å². The van der Waals surface area contributed by atoms with Gasteiger partial charge in [0.2, 0.25) is 5.91 Å². The van der Waals surface area contributed by atoms with E-state index in [0.717, 1.165) is 0 Å². The topological polar surface area (TPSA) is 41.1 Å². The second kappa shape index (κ2) is 6.18. The van der Waals surface area contributed by atoms with Gasteiger partial charge in [-0.1, -0.05) is 34.8 Å². The van der Waals surface area contributed by atoms with Gasteiger partial charge in [0, 0.05) is 20.0 Å². The third-order valence-electron chi connectivity index (χ3n) is 1.82. The highest BCUT2D eigenvalue weighted by atomic mass is 35.5. The Morgan fingerprint density at radius 2 is 1.75 bits per heavy atom. The van der Waals surface area contributed by atoms with E-state index < -0.39 is 0 Å². The van der Waals surface area contributed by atoms with Crippen LogP contribution in [0, 0.1) is 0 Å². The molecule has 2 N–H and O–H groups in total. The average molecular weight is 282 g/mol. The number of benzene rings is 1. The largest absolute Gasteiger partial charge is 0.382 e.